The second kappa shape index (κ2) is 7.22. The maximum Gasteiger partial charge on any atom is 0.225 e. The number of hydrogen-bond donors (Lipinski definition) is 0. The third-order valence-corrected chi connectivity index (χ3v) is 4.18. The van der Waals surface area contributed by atoms with Crippen LogP contribution in [0.1, 0.15) is 17.5 Å². The SMILES string of the molecule is Cc1cccc(CCC(=O)N2CCN(c3ncccn3)CC2)c1. The highest BCUT2D eigenvalue weighted by Crippen LogP contribution is 2.12. The summed E-state index contributed by atoms with van der Waals surface area (Å²) >= 11 is 0. The lowest BCUT2D eigenvalue weighted by atomic mass is 10.1. The summed E-state index contributed by atoms with van der Waals surface area (Å²) in [6.07, 6.45) is 4.89. The van der Waals surface area contributed by atoms with Crippen LogP contribution in [0.15, 0.2) is 42.7 Å². The lowest BCUT2D eigenvalue weighted by molar-refractivity contribution is -0.131. The number of carbonyl (C=O) groups is 1. The van der Waals surface area contributed by atoms with Gasteiger partial charge in [-0.05, 0) is 25.0 Å². The van der Waals surface area contributed by atoms with Crippen molar-refractivity contribution in [2.75, 3.05) is 31.1 Å². The summed E-state index contributed by atoms with van der Waals surface area (Å²) in [4.78, 5) is 25.0. The van der Waals surface area contributed by atoms with Crippen molar-refractivity contribution < 1.29 is 4.79 Å². The molecule has 0 N–H and O–H groups in total. The fraction of sp³-hybridized carbons (Fsp3) is 0.389. The highest BCUT2D eigenvalue weighted by atomic mass is 16.2. The summed E-state index contributed by atoms with van der Waals surface area (Å²) in [7, 11) is 0. The standard InChI is InChI=1S/C18H22N4O/c1-15-4-2-5-16(14-15)6-7-17(23)21-10-12-22(13-11-21)18-19-8-3-9-20-18/h2-5,8-9,14H,6-7,10-13H2,1H3. The van der Waals surface area contributed by atoms with Crippen molar-refractivity contribution in [3.05, 3.63) is 53.9 Å². The smallest absolute Gasteiger partial charge is 0.225 e. The third-order valence-electron chi connectivity index (χ3n) is 4.18. The Kier molecular flexibility index (Phi) is 4.86. The van der Waals surface area contributed by atoms with E-state index in [2.05, 4.69) is 40.0 Å². The second-order valence-corrected chi connectivity index (χ2v) is 5.91. The number of anilines is 1. The van der Waals surface area contributed by atoms with Gasteiger partial charge in [0.1, 0.15) is 0 Å². The van der Waals surface area contributed by atoms with Crippen LogP contribution >= 0.6 is 0 Å². The Bertz CT molecular complexity index is 651. The van der Waals surface area contributed by atoms with Gasteiger partial charge in [0.2, 0.25) is 11.9 Å². The molecule has 1 saturated heterocycles. The van der Waals surface area contributed by atoms with Crippen molar-refractivity contribution in [3.8, 4) is 0 Å². The normalized spacial score (nSPS) is 14.8. The minimum Gasteiger partial charge on any atom is -0.339 e. The molecule has 1 fully saturated rings. The highest BCUT2D eigenvalue weighted by Gasteiger charge is 2.22. The van der Waals surface area contributed by atoms with Crippen LogP contribution in [0, 0.1) is 6.92 Å². The number of piperazine rings is 1. The molecule has 0 saturated carbocycles. The van der Waals surface area contributed by atoms with Gasteiger partial charge >= 0.3 is 0 Å². The lowest BCUT2D eigenvalue weighted by Crippen LogP contribution is -2.49. The molecular formula is C18H22N4O. The van der Waals surface area contributed by atoms with Crippen LogP contribution in [0.4, 0.5) is 5.95 Å². The van der Waals surface area contributed by atoms with Crippen LogP contribution in [0.2, 0.25) is 0 Å². The molecule has 2 heterocycles. The van der Waals surface area contributed by atoms with Crippen molar-refractivity contribution in [1.82, 2.24) is 14.9 Å². The predicted molar refractivity (Wildman–Crippen MR) is 90.3 cm³/mol. The van der Waals surface area contributed by atoms with E-state index in [0.717, 1.165) is 38.5 Å². The molecule has 1 aliphatic rings. The van der Waals surface area contributed by atoms with Crippen molar-refractivity contribution >= 4 is 11.9 Å². The van der Waals surface area contributed by atoms with E-state index in [4.69, 9.17) is 0 Å². The zero-order chi connectivity index (χ0) is 16.1. The Morgan fingerprint density at radius 1 is 1.09 bits per heavy atom. The minimum atomic E-state index is 0.236. The monoisotopic (exact) mass is 310 g/mol. The number of rotatable bonds is 4. The van der Waals surface area contributed by atoms with Gasteiger partial charge in [0.05, 0.1) is 0 Å². The molecule has 0 bridgehead atoms. The molecule has 1 amide bonds. The third kappa shape index (κ3) is 4.06. The van der Waals surface area contributed by atoms with E-state index in [9.17, 15) is 4.79 Å². The first-order valence-corrected chi connectivity index (χ1v) is 8.08. The number of aromatic nitrogens is 2. The van der Waals surface area contributed by atoms with Crippen LogP contribution < -0.4 is 4.90 Å². The zero-order valence-electron chi connectivity index (χ0n) is 13.5. The number of amides is 1. The topological polar surface area (TPSA) is 49.3 Å². The Morgan fingerprint density at radius 3 is 2.52 bits per heavy atom. The number of nitrogens with zero attached hydrogens (tertiary/aromatic N) is 4. The molecule has 2 aromatic rings. The molecule has 0 radical (unpaired) electrons. The maximum absolute atomic E-state index is 12.4. The summed E-state index contributed by atoms with van der Waals surface area (Å²) in [5.74, 6) is 0.986. The molecule has 120 valence electrons. The largest absolute Gasteiger partial charge is 0.339 e. The first-order valence-electron chi connectivity index (χ1n) is 8.08. The molecule has 0 aliphatic carbocycles. The summed E-state index contributed by atoms with van der Waals surface area (Å²) in [6, 6.07) is 10.2. The minimum absolute atomic E-state index is 0.236. The first kappa shape index (κ1) is 15.5. The van der Waals surface area contributed by atoms with E-state index in [-0.39, 0.29) is 5.91 Å². The van der Waals surface area contributed by atoms with Gasteiger partial charge in [0.15, 0.2) is 0 Å². The average Bonchev–Trinajstić information content (AvgIpc) is 2.61. The molecule has 3 rings (SSSR count). The molecule has 5 nitrogen and oxygen atoms in total. The van der Waals surface area contributed by atoms with Gasteiger partial charge < -0.3 is 9.80 Å². The average molecular weight is 310 g/mol. The van der Waals surface area contributed by atoms with Crippen molar-refractivity contribution in [2.45, 2.75) is 19.8 Å². The quantitative estimate of drug-likeness (QED) is 0.867. The van der Waals surface area contributed by atoms with Crippen molar-refractivity contribution in [1.29, 1.82) is 0 Å². The molecule has 0 atom stereocenters. The predicted octanol–water partition coefficient (Wildman–Crippen LogP) is 2.07. The molecule has 0 unspecified atom stereocenters. The molecule has 1 aromatic carbocycles. The van der Waals surface area contributed by atoms with Gasteiger partial charge in [-0.3, -0.25) is 4.79 Å². The summed E-state index contributed by atoms with van der Waals surface area (Å²) in [6.45, 7) is 5.15. The van der Waals surface area contributed by atoms with Crippen LogP contribution in [0.3, 0.4) is 0 Å². The van der Waals surface area contributed by atoms with Gasteiger partial charge in [-0.15, -0.1) is 0 Å². The number of carbonyl (C=O) groups excluding carboxylic acids is 1. The number of benzene rings is 1. The van der Waals surface area contributed by atoms with Crippen molar-refractivity contribution in [2.24, 2.45) is 0 Å². The Balaban J connectivity index is 1.48. The molecule has 23 heavy (non-hydrogen) atoms. The van der Waals surface area contributed by atoms with Crippen LogP contribution in [-0.4, -0.2) is 47.0 Å². The van der Waals surface area contributed by atoms with Gasteiger partial charge in [-0.1, -0.05) is 29.8 Å². The van der Waals surface area contributed by atoms with E-state index >= 15 is 0 Å². The number of aryl methyl sites for hydroxylation is 2. The van der Waals surface area contributed by atoms with Crippen molar-refractivity contribution in [3.63, 3.8) is 0 Å². The Labute approximate surface area is 137 Å². The maximum atomic E-state index is 12.4. The zero-order valence-corrected chi connectivity index (χ0v) is 13.5. The van der Waals surface area contributed by atoms with E-state index in [0.29, 0.717) is 6.42 Å². The van der Waals surface area contributed by atoms with E-state index in [1.54, 1.807) is 12.4 Å². The molecule has 1 aromatic heterocycles. The molecule has 1 aliphatic heterocycles. The van der Waals surface area contributed by atoms with E-state index in [1.165, 1.54) is 11.1 Å². The van der Waals surface area contributed by atoms with Crippen LogP contribution in [0.5, 0.6) is 0 Å². The summed E-state index contributed by atoms with van der Waals surface area (Å²) in [5.41, 5.74) is 2.47. The van der Waals surface area contributed by atoms with Gasteiger partial charge in [-0.2, -0.15) is 0 Å². The molecule has 5 heteroatoms. The van der Waals surface area contributed by atoms with E-state index in [1.807, 2.05) is 17.0 Å². The molecule has 0 spiro atoms. The summed E-state index contributed by atoms with van der Waals surface area (Å²) in [5, 5.41) is 0. The first-order chi connectivity index (χ1) is 11.2. The van der Waals surface area contributed by atoms with Crippen LogP contribution in [-0.2, 0) is 11.2 Å². The second-order valence-electron chi connectivity index (χ2n) is 5.91. The lowest BCUT2D eigenvalue weighted by Gasteiger charge is -2.34. The highest BCUT2D eigenvalue weighted by molar-refractivity contribution is 5.76. The fourth-order valence-electron chi connectivity index (χ4n) is 2.89. The summed E-state index contributed by atoms with van der Waals surface area (Å²) < 4.78 is 0. The van der Waals surface area contributed by atoms with Gasteiger partial charge in [-0.25, -0.2) is 9.97 Å². The Morgan fingerprint density at radius 2 is 1.83 bits per heavy atom. The Hall–Kier alpha value is -2.43. The van der Waals surface area contributed by atoms with Gasteiger partial charge in [0.25, 0.3) is 0 Å². The van der Waals surface area contributed by atoms with E-state index < -0.39 is 0 Å². The fourth-order valence-corrected chi connectivity index (χ4v) is 2.89. The molecular weight excluding hydrogens is 288 g/mol. The van der Waals surface area contributed by atoms with Gasteiger partial charge in [0, 0.05) is 45.0 Å². The number of hydrogen-bond acceptors (Lipinski definition) is 4. The van der Waals surface area contributed by atoms with Crippen LogP contribution in [0.25, 0.3) is 0 Å².